The largest absolute Gasteiger partial charge is 0.309 e. The third-order valence-corrected chi connectivity index (χ3v) is 23.4. The van der Waals surface area contributed by atoms with Crippen molar-refractivity contribution in [2.45, 2.75) is 0 Å². The molecule has 0 atom stereocenters. The first-order valence-electron chi connectivity index (χ1n) is 37.4. The number of benzene rings is 18. The van der Waals surface area contributed by atoms with Crippen LogP contribution in [0.3, 0.4) is 0 Å². The number of hydrogen-bond acceptors (Lipinski definition) is 4. The van der Waals surface area contributed by atoms with Crippen LogP contribution in [-0.2, 0) is 0 Å². The summed E-state index contributed by atoms with van der Waals surface area (Å²) in [4.78, 5) is 9.90. The fraction of sp³-hybridized carbons (Fsp3) is 0. The predicted octanol–water partition coefficient (Wildman–Crippen LogP) is 29.4. The molecule has 0 aromatic heterocycles. The molecule has 2 aliphatic carbocycles. The molecule has 4 aliphatic heterocycles. The summed E-state index contributed by atoms with van der Waals surface area (Å²) in [5, 5.41) is 5.12. The number of nitrogens with zero attached hydrogens (tertiary/aromatic N) is 4. The summed E-state index contributed by atoms with van der Waals surface area (Å²) < 4.78 is 0. The zero-order valence-corrected chi connectivity index (χ0v) is 58.7. The molecule has 0 amide bonds. The van der Waals surface area contributed by atoms with Crippen molar-refractivity contribution < 1.29 is 0 Å². The van der Waals surface area contributed by atoms with E-state index in [2.05, 4.69) is 408 Å². The van der Waals surface area contributed by atoms with E-state index < -0.39 is 0 Å². The molecule has 0 unspecified atom stereocenters. The minimum Gasteiger partial charge on any atom is -0.309 e. The van der Waals surface area contributed by atoms with E-state index in [1.54, 1.807) is 0 Å². The van der Waals surface area contributed by atoms with Crippen molar-refractivity contribution >= 4 is 89.8 Å². The minimum absolute atomic E-state index is 1.15. The van der Waals surface area contributed by atoms with Crippen LogP contribution in [0.2, 0.25) is 0 Å². The van der Waals surface area contributed by atoms with Gasteiger partial charge >= 0.3 is 0 Å². The molecular weight excluding hydrogens is 1310 g/mol. The maximum Gasteiger partial charge on any atom is 0.0541 e. The van der Waals surface area contributed by atoms with Crippen LogP contribution in [0.1, 0.15) is 0 Å². The molecule has 0 N–H and O–H groups in total. The van der Waals surface area contributed by atoms with Gasteiger partial charge < -0.3 is 19.6 Å². The van der Waals surface area contributed by atoms with Gasteiger partial charge in [0.15, 0.2) is 0 Å². The molecular formula is C104H64N4. The van der Waals surface area contributed by atoms with Crippen LogP contribution in [0, 0.1) is 0 Å². The van der Waals surface area contributed by atoms with Crippen LogP contribution in [-0.4, -0.2) is 0 Å². The lowest BCUT2D eigenvalue weighted by Crippen LogP contribution is -2.11. The first-order chi connectivity index (χ1) is 53.7. The van der Waals surface area contributed by atoms with E-state index in [-0.39, 0.29) is 0 Å². The second-order valence-electron chi connectivity index (χ2n) is 28.8. The van der Waals surface area contributed by atoms with Gasteiger partial charge in [0.05, 0.1) is 56.9 Å². The molecule has 6 aliphatic rings. The fourth-order valence-corrected chi connectivity index (χ4v) is 18.9. The number of hydrogen-bond donors (Lipinski definition) is 0. The zero-order chi connectivity index (χ0) is 70.7. The fourth-order valence-electron chi connectivity index (χ4n) is 18.9. The molecule has 24 rings (SSSR count). The van der Waals surface area contributed by atoms with Crippen molar-refractivity contribution in [1.82, 2.24) is 0 Å². The standard InChI is InChI=1S/2C52H32N2/c1-2-15-35-34(14-1)39-18-5-9-24-47(39)53(48-25-10-6-19-40(35)48)33-28-29-38-44-30-31-51(45-23-13-22-43(52(44)45)46(38)32-33)54-49-26-11-7-20-41(49)36-16-3-4-17-37(36)42-21-8-12-27-50(42)54;1-2-15-35-34(14-1)39-18-5-9-24-47(39)53(48-25-10-6-19-40(35)48)33-28-29-38-43-22-13-23-45-51(31-30-44(52(43)45)46(38)32-33)54-49-26-11-7-20-41(49)36-16-3-4-17-37(36)42-21-8-12-27-50(42)54/h2*1-32H. The van der Waals surface area contributed by atoms with Gasteiger partial charge in [-0.15, -0.1) is 0 Å². The maximum absolute atomic E-state index is 2.49. The van der Waals surface area contributed by atoms with Crippen molar-refractivity contribution in [3.05, 3.63) is 388 Å². The summed E-state index contributed by atoms with van der Waals surface area (Å²) in [7, 11) is 0. The molecule has 0 saturated heterocycles. The van der Waals surface area contributed by atoms with Gasteiger partial charge in [-0.3, -0.25) is 0 Å². The van der Waals surface area contributed by atoms with Gasteiger partial charge in [-0.05, 0) is 185 Å². The van der Waals surface area contributed by atoms with Crippen LogP contribution in [0.4, 0.5) is 68.2 Å². The normalized spacial score (nSPS) is 12.7. The third-order valence-electron chi connectivity index (χ3n) is 23.4. The predicted molar refractivity (Wildman–Crippen MR) is 453 cm³/mol. The first-order valence-corrected chi connectivity index (χ1v) is 37.4. The Bertz CT molecular complexity index is 6250. The van der Waals surface area contributed by atoms with E-state index in [1.165, 1.54) is 212 Å². The number of fused-ring (bicyclic) bond motifs is 26. The van der Waals surface area contributed by atoms with E-state index in [4.69, 9.17) is 0 Å². The Morgan fingerprint density at radius 3 is 0.565 bits per heavy atom. The number of rotatable bonds is 4. The molecule has 0 spiro atoms. The highest BCUT2D eigenvalue weighted by Gasteiger charge is 2.35. The van der Waals surface area contributed by atoms with Gasteiger partial charge in [0.2, 0.25) is 0 Å². The Hall–Kier alpha value is -14.3. The monoisotopic (exact) mass is 1370 g/mol. The molecule has 18 aromatic carbocycles. The third kappa shape index (κ3) is 8.74. The molecule has 108 heavy (non-hydrogen) atoms. The highest BCUT2D eigenvalue weighted by Crippen LogP contribution is 2.61. The quantitative estimate of drug-likeness (QED) is 0.174. The van der Waals surface area contributed by atoms with Crippen molar-refractivity contribution in [3.8, 4) is 134 Å². The summed E-state index contributed by atoms with van der Waals surface area (Å²) in [6.45, 7) is 0. The first kappa shape index (κ1) is 60.1. The minimum atomic E-state index is 1.15. The molecule has 4 heteroatoms. The molecule has 18 aromatic rings. The Kier molecular flexibility index (Phi) is 13.1. The van der Waals surface area contributed by atoms with Crippen LogP contribution in [0.25, 0.3) is 155 Å². The Morgan fingerprint density at radius 1 is 0.111 bits per heavy atom. The van der Waals surface area contributed by atoms with Gasteiger partial charge in [0.25, 0.3) is 0 Å². The summed E-state index contributed by atoms with van der Waals surface area (Å²) in [5.41, 5.74) is 44.3. The van der Waals surface area contributed by atoms with Gasteiger partial charge in [-0.1, -0.05) is 303 Å². The summed E-state index contributed by atoms with van der Waals surface area (Å²) in [6, 6.07) is 143. The van der Waals surface area contributed by atoms with Crippen LogP contribution >= 0.6 is 0 Å². The number of para-hydroxylation sites is 8. The maximum atomic E-state index is 2.49. The highest BCUT2D eigenvalue weighted by molar-refractivity contribution is 6.23. The zero-order valence-electron chi connectivity index (χ0n) is 58.7. The topological polar surface area (TPSA) is 13.0 Å². The lowest BCUT2D eigenvalue weighted by atomic mass is 9.95. The summed E-state index contributed by atoms with van der Waals surface area (Å²) >= 11 is 0. The second kappa shape index (κ2) is 23.6. The molecule has 500 valence electrons. The lowest BCUT2D eigenvalue weighted by molar-refractivity contribution is 1.30. The van der Waals surface area contributed by atoms with E-state index in [0.29, 0.717) is 0 Å². The van der Waals surface area contributed by atoms with Crippen molar-refractivity contribution in [2.24, 2.45) is 0 Å². The van der Waals surface area contributed by atoms with Gasteiger partial charge in [0.1, 0.15) is 0 Å². The van der Waals surface area contributed by atoms with Gasteiger partial charge in [-0.2, -0.15) is 0 Å². The van der Waals surface area contributed by atoms with Gasteiger partial charge in [-0.25, -0.2) is 0 Å². The lowest BCUT2D eigenvalue weighted by Gasteiger charge is -2.29. The molecule has 0 saturated carbocycles. The molecule has 0 bridgehead atoms. The molecule has 4 heterocycles. The SMILES string of the molecule is c1ccc2c(c1)-c1ccccc1N(c1ccc3c(c1)-c1ccc(N4c5ccccc5-c5ccccc5-c5ccccc54)c4cccc-3c14)c1ccccc1-2.c1ccc2c(c1)-c1ccccc1N(c1ccc3c(c1)-c1cccc4c(N5c6ccccc6-c6ccccc6-c6ccccc65)ccc-3c14)c1ccccc1-2. The average molecular weight is 1370 g/mol. The molecule has 0 radical (unpaired) electrons. The Balaban J connectivity index is 0.000000130. The highest BCUT2D eigenvalue weighted by atomic mass is 15.2. The van der Waals surface area contributed by atoms with E-state index in [1.807, 2.05) is 0 Å². The number of anilines is 12. The van der Waals surface area contributed by atoms with E-state index >= 15 is 0 Å². The second-order valence-corrected chi connectivity index (χ2v) is 28.8. The van der Waals surface area contributed by atoms with Crippen molar-refractivity contribution in [3.63, 3.8) is 0 Å². The van der Waals surface area contributed by atoms with E-state index in [9.17, 15) is 0 Å². The Labute approximate surface area is 627 Å². The Morgan fingerprint density at radius 2 is 0.296 bits per heavy atom. The van der Waals surface area contributed by atoms with Crippen LogP contribution in [0.15, 0.2) is 388 Å². The van der Waals surface area contributed by atoms with Crippen LogP contribution < -0.4 is 19.6 Å². The van der Waals surface area contributed by atoms with Crippen molar-refractivity contribution in [2.75, 3.05) is 19.6 Å². The van der Waals surface area contributed by atoms with Crippen LogP contribution in [0.5, 0.6) is 0 Å². The molecule has 4 nitrogen and oxygen atoms in total. The molecule has 0 fully saturated rings. The summed E-state index contributed by atoms with van der Waals surface area (Å²) in [6.07, 6.45) is 0. The van der Waals surface area contributed by atoms with E-state index in [0.717, 1.165) is 11.4 Å². The average Bonchev–Trinajstić information content (AvgIpc) is 1.56. The van der Waals surface area contributed by atoms with Crippen molar-refractivity contribution in [1.29, 1.82) is 0 Å². The smallest absolute Gasteiger partial charge is 0.0541 e. The van der Waals surface area contributed by atoms with Gasteiger partial charge in [0, 0.05) is 66.7 Å². The summed E-state index contributed by atoms with van der Waals surface area (Å²) in [5.74, 6) is 0.